The van der Waals surface area contributed by atoms with Gasteiger partial charge in [-0.2, -0.15) is 18.2 Å². The Bertz CT molecular complexity index is 1380. The molecule has 1 unspecified atom stereocenters. The van der Waals surface area contributed by atoms with E-state index in [0.717, 1.165) is 12.8 Å². The van der Waals surface area contributed by atoms with Crippen LogP contribution in [0.3, 0.4) is 0 Å². The van der Waals surface area contributed by atoms with Crippen molar-refractivity contribution >= 4 is 29.3 Å². The number of nitrogens with one attached hydrogen (secondary N) is 2. The van der Waals surface area contributed by atoms with E-state index in [-0.39, 0.29) is 29.2 Å². The van der Waals surface area contributed by atoms with E-state index in [4.69, 9.17) is 4.42 Å². The highest BCUT2D eigenvalue weighted by Gasteiger charge is 2.42. The first kappa shape index (κ1) is 27.4. The van der Waals surface area contributed by atoms with E-state index in [1.807, 2.05) is 6.92 Å². The molecular formula is C27H28F4N6O3. The van der Waals surface area contributed by atoms with Crippen molar-refractivity contribution in [2.24, 2.45) is 5.92 Å². The minimum atomic E-state index is -4.87. The smallest absolute Gasteiger partial charge is 0.417 e. The Morgan fingerprint density at radius 2 is 1.88 bits per heavy atom. The third-order valence-electron chi connectivity index (χ3n) is 6.97. The van der Waals surface area contributed by atoms with Crippen molar-refractivity contribution in [3.63, 3.8) is 0 Å². The molecule has 212 valence electrons. The second-order valence-corrected chi connectivity index (χ2v) is 10.1. The summed E-state index contributed by atoms with van der Waals surface area (Å²) in [5, 5.41) is 5.57. The van der Waals surface area contributed by atoms with Crippen LogP contribution in [0.5, 0.6) is 0 Å². The Kier molecular flexibility index (Phi) is 7.63. The number of oxazole rings is 1. The minimum absolute atomic E-state index is 0.0133. The molecule has 2 aliphatic rings. The zero-order valence-corrected chi connectivity index (χ0v) is 21.7. The van der Waals surface area contributed by atoms with Crippen LogP contribution in [0.1, 0.15) is 52.8 Å². The van der Waals surface area contributed by atoms with Crippen molar-refractivity contribution in [3.8, 4) is 0 Å². The largest absolute Gasteiger partial charge is 0.437 e. The number of likely N-dealkylation sites (tertiary alicyclic amines) is 1. The fraction of sp³-hybridized carbons (Fsp3) is 0.407. The van der Waals surface area contributed by atoms with Crippen molar-refractivity contribution in [2.75, 3.05) is 41.7 Å². The molecule has 40 heavy (non-hydrogen) atoms. The van der Waals surface area contributed by atoms with Crippen molar-refractivity contribution in [3.05, 3.63) is 65.4 Å². The Labute approximate surface area is 227 Å². The third kappa shape index (κ3) is 6.02. The van der Waals surface area contributed by atoms with Crippen molar-refractivity contribution < 1.29 is 31.6 Å². The van der Waals surface area contributed by atoms with E-state index in [1.54, 1.807) is 21.9 Å². The second kappa shape index (κ2) is 11.1. The molecule has 0 bridgehead atoms. The number of alkyl halides is 3. The molecule has 2 fully saturated rings. The molecule has 2 atom stereocenters. The molecule has 13 heteroatoms. The molecule has 2 aromatic heterocycles. The Morgan fingerprint density at radius 1 is 1.07 bits per heavy atom. The lowest BCUT2D eigenvalue weighted by Crippen LogP contribution is -2.34. The number of carbonyl (C=O) groups is 2. The molecule has 1 aromatic carbocycles. The van der Waals surface area contributed by atoms with Crippen molar-refractivity contribution in [1.82, 2.24) is 14.9 Å². The first-order valence-corrected chi connectivity index (χ1v) is 13.0. The molecule has 2 aliphatic heterocycles. The first-order valence-electron chi connectivity index (χ1n) is 13.0. The Balaban J connectivity index is 1.21. The summed E-state index contributed by atoms with van der Waals surface area (Å²) in [6, 6.07) is 8.49. The van der Waals surface area contributed by atoms with Gasteiger partial charge in [0, 0.05) is 32.2 Å². The van der Waals surface area contributed by atoms with Crippen LogP contribution < -0.4 is 15.5 Å². The lowest BCUT2D eigenvalue weighted by Gasteiger charge is -2.29. The number of benzene rings is 1. The fourth-order valence-electron chi connectivity index (χ4n) is 4.97. The predicted molar refractivity (Wildman–Crippen MR) is 139 cm³/mol. The maximum atomic E-state index is 14.0. The number of amides is 2. The van der Waals surface area contributed by atoms with E-state index in [9.17, 15) is 27.2 Å². The summed E-state index contributed by atoms with van der Waals surface area (Å²) >= 11 is 0. The van der Waals surface area contributed by atoms with Gasteiger partial charge in [-0.1, -0.05) is 19.1 Å². The zero-order chi connectivity index (χ0) is 28.4. The van der Waals surface area contributed by atoms with Crippen molar-refractivity contribution in [1.29, 1.82) is 0 Å². The van der Waals surface area contributed by atoms with E-state index in [0.29, 0.717) is 38.4 Å². The number of carbonyl (C=O) groups excluding carboxylic acids is 2. The van der Waals surface area contributed by atoms with E-state index in [1.165, 1.54) is 30.5 Å². The molecule has 0 aliphatic carbocycles. The van der Waals surface area contributed by atoms with Gasteiger partial charge in [0.2, 0.25) is 5.76 Å². The number of anilines is 3. The molecule has 4 heterocycles. The number of nitrogens with zero attached hydrogens (tertiary/aromatic N) is 4. The number of pyridine rings is 1. The highest BCUT2D eigenvalue weighted by Crippen LogP contribution is 2.35. The van der Waals surface area contributed by atoms with Crippen LogP contribution >= 0.6 is 0 Å². The molecule has 5 rings (SSSR count). The normalized spacial score (nSPS) is 19.5. The van der Waals surface area contributed by atoms with E-state index < -0.39 is 35.3 Å². The molecular weight excluding hydrogens is 532 g/mol. The Morgan fingerprint density at radius 3 is 2.58 bits per heavy atom. The SMILES string of the molecule is CC1CCCN(c2nc(C(F)(F)F)c(C(=O)Nc3ccc(N[C@H]4CCN(C(=O)c5ccccc5F)C4)nc3)o2)C1. The lowest BCUT2D eigenvalue weighted by molar-refractivity contribution is -0.141. The quantitative estimate of drug-likeness (QED) is 0.407. The summed E-state index contributed by atoms with van der Waals surface area (Å²) < 4.78 is 60.3. The molecule has 9 nitrogen and oxygen atoms in total. The molecule has 0 radical (unpaired) electrons. The van der Waals surface area contributed by atoms with Gasteiger partial charge < -0.3 is 24.9 Å². The molecule has 0 saturated carbocycles. The van der Waals surface area contributed by atoms with E-state index >= 15 is 0 Å². The standard InChI is InChI=1S/C27H28F4N6O3/c1-16-5-4-11-37(14-16)26-35-23(27(29,30)31)22(40-26)24(38)34-17-8-9-21(32-13-17)33-18-10-12-36(15-18)25(39)19-6-2-3-7-20(19)28/h2-3,6-9,13,16,18H,4-5,10-12,14-15H2,1H3,(H,32,33)(H,34,38)/t16?,18-/m0/s1. The third-order valence-corrected chi connectivity index (χ3v) is 6.97. The van der Waals surface area contributed by atoms with Gasteiger partial charge in [-0.3, -0.25) is 9.59 Å². The fourth-order valence-corrected chi connectivity index (χ4v) is 4.97. The summed E-state index contributed by atoms with van der Waals surface area (Å²) in [6.45, 7) is 3.77. The van der Waals surface area contributed by atoms with Crippen LogP contribution in [0.4, 0.5) is 35.1 Å². The van der Waals surface area contributed by atoms with Gasteiger partial charge in [0.1, 0.15) is 11.6 Å². The van der Waals surface area contributed by atoms with Crippen LogP contribution in [-0.2, 0) is 6.18 Å². The van der Waals surface area contributed by atoms with Gasteiger partial charge in [-0.05, 0) is 49.4 Å². The maximum Gasteiger partial charge on any atom is 0.437 e. The molecule has 0 spiro atoms. The van der Waals surface area contributed by atoms with Crippen LogP contribution in [0, 0.1) is 11.7 Å². The molecule has 2 N–H and O–H groups in total. The monoisotopic (exact) mass is 560 g/mol. The number of hydrogen-bond donors (Lipinski definition) is 2. The predicted octanol–water partition coefficient (Wildman–Crippen LogP) is 5.04. The molecule has 2 amide bonds. The molecule has 2 saturated heterocycles. The van der Waals surface area contributed by atoms with Gasteiger partial charge >= 0.3 is 6.18 Å². The summed E-state index contributed by atoms with van der Waals surface area (Å²) in [4.78, 5) is 36.4. The molecule has 3 aromatic rings. The Hall–Kier alpha value is -4.16. The van der Waals surface area contributed by atoms with Crippen LogP contribution in [-0.4, -0.2) is 58.9 Å². The number of aromatic nitrogens is 2. The van der Waals surface area contributed by atoms with Gasteiger partial charge in [-0.25, -0.2) is 9.37 Å². The minimum Gasteiger partial charge on any atom is -0.417 e. The van der Waals surface area contributed by atoms with Crippen molar-refractivity contribution in [2.45, 2.75) is 38.4 Å². The maximum absolute atomic E-state index is 14.0. The van der Waals surface area contributed by atoms with Gasteiger partial charge in [0.05, 0.1) is 17.4 Å². The van der Waals surface area contributed by atoms with Crippen LogP contribution in [0.15, 0.2) is 47.0 Å². The summed E-state index contributed by atoms with van der Waals surface area (Å²) in [5.74, 6) is -2.25. The van der Waals surface area contributed by atoms with Gasteiger partial charge in [0.25, 0.3) is 17.8 Å². The number of piperidine rings is 1. The topological polar surface area (TPSA) is 104 Å². The van der Waals surface area contributed by atoms with Crippen LogP contribution in [0.2, 0.25) is 0 Å². The van der Waals surface area contributed by atoms with Gasteiger partial charge in [0.15, 0.2) is 5.69 Å². The number of rotatable bonds is 6. The summed E-state index contributed by atoms with van der Waals surface area (Å²) in [7, 11) is 0. The number of hydrogen-bond acceptors (Lipinski definition) is 7. The van der Waals surface area contributed by atoms with Crippen LogP contribution in [0.25, 0.3) is 0 Å². The second-order valence-electron chi connectivity index (χ2n) is 10.1. The van der Waals surface area contributed by atoms with Gasteiger partial charge in [-0.15, -0.1) is 0 Å². The van der Waals surface area contributed by atoms with E-state index in [2.05, 4.69) is 20.6 Å². The average Bonchev–Trinajstić information content (AvgIpc) is 3.58. The average molecular weight is 561 g/mol. The highest BCUT2D eigenvalue weighted by atomic mass is 19.4. The lowest BCUT2D eigenvalue weighted by atomic mass is 10.0. The summed E-state index contributed by atoms with van der Waals surface area (Å²) in [6.07, 6.45) is -1.21. The zero-order valence-electron chi connectivity index (χ0n) is 21.7. The first-order chi connectivity index (χ1) is 19.1. The summed E-state index contributed by atoms with van der Waals surface area (Å²) in [5.41, 5.74) is -1.20. The number of halogens is 4. The highest BCUT2D eigenvalue weighted by molar-refractivity contribution is 6.03.